The van der Waals surface area contributed by atoms with Crippen molar-refractivity contribution in [3.63, 3.8) is 0 Å². The molecular weight excluding hydrogens is 230 g/mol. The second kappa shape index (κ2) is 5.04. The Bertz CT molecular complexity index is 482. The second-order valence-electron chi connectivity index (χ2n) is 4.23. The molecule has 0 atom stereocenters. The van der Waals surface area contributed by atoms with Crippen LogP contribution in [0.25, 0.3) is 0 Å². The average Bonchev–Trinajstić information content (AvgIpc) is 2.64. The van der Waals surface area contributed by atoms with E-state index in [1.165, 1.54) is 17.1 Å². The van der Waals surface area contributed by atoms with Crippen LogP contribution in [0.15, 0.2) is 30.4 Å². The van der Waals surface area contributed by atoms with Crippen LogP contribution in [0.4, 0.5) is 0 Å². The molecule has 0 spiro atoms. The third-order valence-corrected chi connectivity index (χ3v) is 2.87. The van der Waals surface area contributed by atoms with Crippen molar-refractivity contribution in [2.75, 3.05) is 13.2 Å². The van der Waals surface area contributed by atoms with Crippen LogP contribution in [0.3, 0.4) is 0 Å². The van der Waals surface area contributed by atoms with Crippen molar-refractivity contribution < 1.29 is 14.3 Å². The summed E-state index contributed by atoms with van der Waals surface area (Å²) in [6, 6.07) is 5.90. The van der Waals surface area contributed by atoms with Crippen LogP contribution in [-0.4, -0.2) is 29.9 Å². The number of imide groups is 1. The number of carbonyl (C=O) groups is 2. The molecule has 0 bridgehead atoms. The summed E-state index contributed by atoms with van der Waals surface area (Å²) in [4.78, 5) is 23.8. The van der Waals surface area contributed by atoms with Crippen LogP contribution < -0.4 is 4.74 Å². The van der Waals surface area contributed by atoms with Crippen molar-refractivity contribution in [1.82, 2.24) is 4.90 Å². The van der Waals surface area contributed by atoms with Gasteiger partial charge in [-0.2, -0.15) is 0 Å². The molecule has 0 fully saturated rings. The molecule has 1 aliphatic rings. The molecule has 1 aliphatic heterocycles. The highest BCUT2D eigenvalue weighted by atomic mass is 16.5. The highest BCUT2D eigenvalue weighted by molar-refractivity contribution is 6.12. The SMILES string of the molecule is Cc1cccc(C)c1OCCN1C(=O)C=CC1=O. The van der Waals surface area contributed by atoms with Crippen LogP contribution in [0.5, 0.6) is 5.75 Å². The van der Waals surface area contributed by atoms with Crippen molar-refractivity contribution in [2.24, 2.45) is 0 Å². The lowest BCUT2D eigenvalue weighted by molar-refractivity contribution is -0.137. The number of para-hydroxylation sites is 1. The van der Waals surface area contributed by atoms with E-state index in [2.05, 4.69) is 0 Å². The number of ether oxygens (including phenoxy) is 1. The Kier molecular flexibility index (Phi) is 3.46. The average molecular weight is 245 g/mol. The van der Waals surface area contributed by atoms with Crippen molar-refractivity contribution in [3.8, 4) is 5.75 Å². The highest BCUT2D eigenvalue weighted by Gasteiger charge is 2.22. The number of hydrogen-bond donors (Lipinski definition) is 0. The van der Waals surface area contributed by atoms with Gasteiger partial charge in [0.15, 0.2) is 0 Å². The quantitative estimate of drug-likeness (QED) is 0.757. The number of nitrogens with zero attached hydrogens (tertiary/aromatic N) is 1. The second-order valence-corrected chi connectivity index (χ2v) is 4.23. The van der Waals surface area contributed by atoms with Crippen LogP contribution in [-0.2, 0) is 9.59 Å². The molecule has 4 heteroatoms. The first kappa shape index (κ1) is 12.4. The van der Waals surface area contributed by atoms with Crippen molar-refractivity contribution in [1.29, 1.82) is 0 Å². The van der Waals surface area contributed by atoms with Crippen molar-refractivity contribution in [2.45, 2.75) is 13.8 Å². The Morgan fingerprint density at radius 3 is 2.17 bits per heavy atom. The van der Waals surface area contributed by atoms with E-state index in [1.54, 1.807) is 0 Å². The molecule has 0 unspecified atom stereocenters. The summed E-state index contributed by atoms with van der Waals surface area (Å²) in [5.74, 6) is 0.278. The van der Waals surface area contributed by atoms with E-state index >= 15 is 0 Å². The van der Waals surface area contributed by atoms with Gasteiger partial charge in [0.1, 0.15) is 12.4 Å². The molecule has 94 valence electrons. The molecule has 0 aliphatic carbocycles. The smallest absolute Gasteiger partial charge is 0.253 e. The highest BCUT2D eigenvalue weighted by Crippen LogP contribution is 2.22. The van der Waals surface area contributed by atoms with Crippen molar-refractivity contribution >= 4 is 11.8 Å². The van der Waals surface area contributed by atoms with Gasteiger partial charge in [-0.25, -0.2) is 0 Å². The van der Waals surface area contributed by atoms with Crippen LogP contribution >= 0.6 is 0 Å². The molecule has 0 aromatic heterocycles. The fraction of sp³-hybridized carbons (Fsp3) is 0.286. The zero-order valence-electron chi connectivity index (χ0n) is 10.5. The van der Waals surface area contributed by atoms with E-state index in [-0.39, 0.29) is 18.4 Å². The van der Waals surface area contributed by atoms with Gasteiger partial charge in [0, 0.05) is 12.2 Å². The Labute approximate surface area is 106 Å². The monoisotopic (exact) mass is 245 g/mol. The first-order valence-electron chi connectivity index (χ1n) is 5.82. The van der Waals surface area contributed by atoms with Gasteiger partial charge in [-0.3, -0.25) is 14.5 Å². The van der Waals surface area contributed by atoms with Gasteiger partial charge in [0.2, 0.25) is 0 Å². The largest absolute Gasteiger partial charge is 0.491 e. The molecule has 4 nitrogen and oxygen atoms in total. The Morgan fingerprint density at radius 1 is 1.06 bits per heavy atom. The number of benzene rings is 1. The van der Waals surface area contributed by atoms with Crippen LogP contribution in [0.2, 0.25) is 0 Å². The topological polar surface area (TPSA) is 46.6 Å². The molecule has 18 heavy (non-hydrogen) atoms. The minimum Gasteiger partial charge on any atom is -0.491 e. The fourth-order valence-electron chi connectivity index (χ4n) is 1.92. The third kappa shape index (κ3) is 2.42. The summed E-state index contributed by atoms with van der Waals surface area (Å²) in [5.41, 5.74) is 2.10. The van der Waals surface area contributed by atoms with Crippen LogP contribution in [0, 0.1) is 13.8 Å². The summed E-state index contributed by atoms with van der Waals surface area (Å²) in [6.45, 7) is 4.52. The summed E-state index contributed by atoms with van der Waals surface area (Å²) in [6.07, 6.45) is 2.56. The van der Waals surface area contributed by atoms with E-state index in [9.17, 15) is 9.59 Å². The minimum atomic E-state index is -0.273. The van der Waals surface area contributed by atoms with E-state index in [0.29, 0.717) is 6.61 Å². The summed E-state index contributed by atoms with van der Waals surface area (Å²) < 4.78 is 5.65. The molecule has 2 amide bonds. The van der Waals surface area contributed by atoms with Crippen molar-refractivity contribution in [3.05, 3.63) is 41.5 Å². The van der Waals surface area contributed by atoms with Gasteiger partial charge >= 0.3 is 0 Å². The molecule has 2 rings (SSSR count). The standard InChI is InChI=1S/C14H15NO3/c1-10-4-3-5-11(2)14(10)18-9-8-15-12(16)6-7-13(15)17/h3-7H,8-9H2,1-2H3. The predicted molar refractivity (Wildman–Crippen MR) is 67.3 cm³/mol. The molecule has 1 heterocycles. The molecule has 0 saturated heterocycles. The lowest BCUT2D eigenvalue weighted by atomic mass is 10.1. The van der Waals surface area contributed by atoms with Gasteiger partial charge in [-0.05, 0) is 25.0 Å². The van der Waals surface area contributed by atoms with E-state index < -0.39 is 0 Å². The Balaban J connectivity index is 1.93. The van der Waals surface area contributed by atoms with Gasteiger partial charge in [-0.15, -0.1) is 0 Å². The maximum absolute atomic E-state index is 11.3. The Morgan fingerprint density at radius 2 is 1.61 bits per heavy atom. The maximum Gasteiger partial charge on any atom is 0.253 e. The zero-order valence-corrected chi connectivity index (χ0v) is 10.5. The third-order valence-electron chi connectivity index (χ3n) is 2.87. The normalized spacial score (nSPS) is 14.4. The van der Waals surface area contributed by atoms with Gasteiger partial charge in [0.05, 0.1) is 6.54 Å². The number of amides is 2. The molecule has 1 aromatic carbocycles. The fourth-order valence-corrected chi connectivity index (χ4v) is 1.92. The molecular formula is C14H15NO3. The molecule has 0 N–H and O–H groups in total. The molecule has 0 saturated carbocycles. The first-order chi connectivity index (χ1) is 8.59. The number of rotatable bonds is 4. The molecule has 1 aromatic rings. The minimum absolute atomic E-state index is 0.273. The summed E-state index contributed by atoms with van der Waals surface area (Å²) >= 11 is 0. The summed E-state index contributed by atoms with van der Waals surface area (Å²) in [7, 11) is 0. The Hall–Kier alpha value is -2.10. The van der Waals surface area contributed by atoms with E-state index in [1.807, 2.05) is 32.0 Å². The van der Waals surface area contributed by atoms with Gasteiger partial charge in [0.25, 0.3) is 11.8 Å². The van der Waals surface area contributed by atoms with Crippen LogP contribution in [0.1, 0.15) is 11.1 Å². The summed E-state index contributed by atoms with van der Waals surface area (Å²) in [5, 5.41) is 0. The number of carbonyl (C=O) groups excluding carboxylic acids is 2. The lowest BCUT2D eigenvalue weighted by Crippen LogP contribution is -2.33. The number of hydrogen-bond acceptors (Lipinski definition) is 3. The lowest BCUT2D eigenvalue weighted by Gasteiger charge is -2.16. The molecule has 0 radical (unpaired) electrons. The predicted octanol–water partition coefficient (Wildman–Crippen LogP) is 1.61. The number of aryl methyl sites for hydroxylation is 2. The van der Waals surface area contributed by atoms with E-state index in [4.69, 9.17) is 4.74 Å². The van der Waals surface area contributed by atoms with E-state index in [0.717, 1.165) is 16.9 Å². The zero-order chi connectivity index (χ0) is 13.1. The maximum atomic E-state index is 11.3. The van der Waals surface area contributed by atoms with Gasteiger partial charge < -0.3 is 4.74 Å². The first-order valence-corrected chi connectivity index (χ1v) is 5.82. The van der Waals surface area contributed by atoms with Gasteiger partial charge in [-0.1, -0.05) is 18.2 Å².